The molecule has 0 aromatic rings. The molecule has 0 N–H and O–H groups in total. The van der Waals surface area contributed by atoms with E-state index in [4.69, 9.17) is 4.74 Å². The zero-order chi connectivity index (χ0) is 18.7. The molecule has 0 aromatic carbocycles. The van der Waals surface area contributed by atoms with Crippen LogP contribution in [0, 0.1) is 5.92 Å². The predicted octanol–water partition coefficient (Wildman–Crippen LogP) is -0.797. The molecule has 3 heterocycles. The summed E-state index contributed by atoms with van der Waals surface area (Å²) in [7, 11) is -3.04. The minimum Gasteiger partial charge on any atom is -0.379 e. The SMILES string of the molecule is CCN(C(=O)C1CC(=O)N(CCN2CCOCC2)C1)C1CCS(=O)(=O)C1. The van der Waals surface area contributed by atoms with Crippen LogP contribution < -0.4 is 0 Å². The highest BCUT2D eigenvalue weighted by molar-refractivity contribution is 7.91. The highest BCUT2D eigenvalue weighted by Gasteiger charge is 2.40. The molecule has 3 rings (SSSR count). The Morgan fingerprint density at radius 2 is 2.00 bits per heavy atom. The summed E-state index contributed by atoms with van der Waals surface area (Å²) < 4.78 is 28.8. The van der Waals surface area contributed by atoms with Crippen LogP contribution in [-0.2, 0) is 24.2 Å². The molecule has 8 nitrogen and oxygen atoms in total. The molecule has 2 atom stereocenters. The van der Waals surface area contributed by atoms with E-state index in [0.29, 0.717) is 26.1 Å². The fourth-order valence-electron chi connectivity index (χ4n) is 4.09. The van der Waals surface area contributed by atoms with E-state index in [1.807, 2.05) is 6.92 Å². The van der Waals surface area contributed by atoms with E-state index in [-0.39, 0.29) is 41.7 Å². The van der Waals surface area contributed by atoms with Crippen LogP contribution in [0.1, 0.15) is 19.8 Å². The molecule has 0 spiro atoms. The first kappa shape index (κ1) is 19.6. The standard InChI is InChI=1S/C17H29N3O5S/c1-2-20(15-3-10-26(23,24)13-15)17(22)14-11-16(21)19(12-14)5-4-18-6-8-25-9-7-18/h14-15H,2-13H2,1H3. The summed E-state index contributed by atoms with van der Waals surface area (Å²) in [5.74, 6) is -0.205. The van der Waals surface area contributed by atoms with Crippen molar-refractivity contribution in [2.75, 3.05) is 64.0 Å². The third-order valence-corrected chi connectivity index (χ3v) is 7.38. The molecule has 3 saturated heterocycles. The summed E-state index contributed by atoms with van der Waals surface area (Å²) in [4.78, 5) is 30.9. The second kappa shape index (κ2) is 8.22. The zero-order valence-corrected chi connectivity index (χ0v) is 16.2. The van der Waals surface area contributed by atoms with E-state index >= 15 is 0 Å². The maximum Gasteiger partial charge on any atom is 0.228 e. The molecule has 3 aliphatic heterocycles. The second-order valence-electron chi connectivity index (χ2n) is 7.38. The molecule has 0 aromatic heterocycles. The number of carbonyl (C=O) groups excluding carboxylic acids is 2. The minimum atomic E-state index is -3.04. The number of likely N-dealkylation sites (tertiary alicyclic amines) is 1. The van der Waals surface area contributed by atoms with Crippen LogP contribution in [0.2, 0.25) is 0 Å². The Morgan fingerprint density at radius 1 is 1.27 bits per heavy atom. The highest BCUT2D eigenvalue weighted by Crippen LogP contribution is 2.24. The third-order valence-electron chi connectivity index (χ3n) is 5.63. The number of hydrogen-bond donors (Lipinski definition) is 0. The van der Waals surface area contributed by atoms with Crippen LogP contribution in [0.3, 0.4) is 0 Å². The normalized spacial score (nSPS) is 29.3. The number of amides is 2. The first-order valence-corrected chi connectivity index (χ1v) is 11.3. The van der Waals surface area contributed by atoms with Gasteiger partial charge in [-0.1, -0.05) is 0 Å². The van der Waals surface area contributed by atoms with Gasteiger partial charge in [-0.25, -0.2) is 8.42 Å². The lowest BCUT2D eigenvalue weighted by molar-refractivity contribution is -0.137. The zero-order valence-electron chi connectivity index (χ0n) is 15.4. The Kier molecular flexibility index (Phi) is 6.19. The van der Waals surface area contributed by atoms with Gasteiger partial charge in [-0.15, -0.1) is 0 Å². The fourth-order valence-corrected chi connectivity index (χ4v) is 5.82. The first-order valence-electron chi connectivity index (χ1n) is 9.48. The van der Waals surface area contributed by atoms with E-state index < -0.39 is 9.84 Å². The van der Waals surface area contributed by atoms with Crippen molar-refractivity contribution in [2.24, 2.45) is 5.92 Å². The molecule has 0 radical (unpaired) electrons. The van der Waals surface area contributed by atoms with Gasteiger partial charge >= 0.3 is 0 Å². The maximum atomic E-state index is 12.9. The van der Waals surface area contributed by atoms with Crippen molar-refractivity contribution in [3.8, 4) is 0 Å². The van der Waals surface area contributed by atoms with E-state index in [1.54, 1.807) is 9.80 Å². The van der Waals surface area contributed by atoms with Crippen LogP contribution in [0.25, 0.3) is 0 Å². The van der Waals surface area contributed by atoms with E-state index in [1.165, 1.54) is 0 Å². The van der Waals surface area contributed by atoms with Crippen LogP contribution in [0.15, 0.2) is 0 Å². The van der Waals surface area contributed by atoms with Gasteiger partial charge < -0.3 is 14.5 Å². The van der Waals surface area contributed by atoms with Gasteiger partial charge in [0.15, 0.2) is 9.84 Å². The summed E-state index contributed by atoms with van der Waals surface area (Å²) in [6, 6.07) is -0.241. The van der Waals surface area contributed by atoms with Crippen molar-refractivity contribution in [2.45, 2.75) is 25.8 Å². The molecule has 148 valence electrons. The number of rotatable bonds is 6. The molecule has 3 fully saturated rings. The maximum absolute atomic E-state index is 12.9. The summed E-state index contributed by atoms with van der Waals surface area (Å²) >= 11 is 0. The number of nitrogens with zero attached hydrogens (tertiary/aromatic N) is 3. The number of carbonyl (C=O) groups is 2. The summed E-state index contributed by atoms with van der Waals surface area (Å²) in [6.07, 6.45) is 0.737. The predicted molar refractivity (Wildman–Crippen MR) is 96.4 cm³/mol. The lowest BCUT2D eigenvalue weighted by Crippen LogP contribution is -2.45. The number of hydrogen-bond acceptors (Lipinski definition) is 6. The van der Waals surface area contributed by atoms with E-state index in [9.17, 15) is 18.0 Å². The van der Waals surface area contributed by atoms with Crippen molar-refractivity contribution in [3.05, 3.63) is 0 Å². The summed E-state index contributed by atoms with van der Waals surface area (Å²) in [5, 5.41) is 0. The molecular formula is C17H29N3O5S. The number of sulfone groups is 1. The van der Waals surface area contributed by atoms with Crippen LogP contribution in [-0.4, -0.2) is 105 Å². The van der Waals surface area contributed by atoms with Crippen LogP contribution in [0.4, 0.5) is 0 Å². The molecule has 2 amide bonds. The Labute approximate surface area is 155 Å². The lowest BCUT2D eigenvalue weighted by atomic mass is 10.1. The second-order valence-corrected chi connectivity index (χ2v) is 9.60. The molecular weight excluding hydrogens is 358 g/mol. The van der Waals surface area contributed by atoms with Crippen LogP contribution in [0.5, 0.6) is 0 Å². The summed E-state index contributed by atoms with van der Waals surface area (Å²) in [6.45, 7) is 7.44. The Balaban J connectivity index is 1.53. The number of morpholine rings is 1. The Hall–Kier alpha value is -1.19. The minimum absolute atomic E-state index is 0.0201. The smallest absolute Gasteiger partial charge is 0.228 e. The highest BCUT2D eigenvalue weighted by atomic mass is 32.2. The van der Waals surface area contributed by atoms with Gasteiger partial charge in [-0.2, -0.15) is 0 Å². The van der Waals surface area contributed by atoms with Crippen molar-refractivity contribution < 1.29 is 22.7 Å². The van der Waals surface area contributed by atoms with Crippen molar-refractivity contribution in [1.29, 1.82) is 0 Å². The van der Waals surface area contributed by atoms with Crippen molar-refractivity contribution in [3.63, 3.8) is 0 Å². The average Bonchev–Trinajstić information content (AvgIpc) is 3.17. The molecule has 2 unspecified atom stereocenters. The first-order chi connectivity index (χ1) is 12.4. The largest absolute Gasteiger partial charge is 0.379 e. The Morgan fingerprint density at radius 3 is 2.62 bits per heavy atom. The molecule has 0 bridgehead atoms. The topological polar surface area (TPSA) is 87.2 Å². The van der Waals surface area contributed by atoms with Gasteiger partial charge in [0.2, 0.25) is 11.8 Å². The molecule has 0 saturated carbocycles. The monoisotopic (exact) mass is 387 g/mol. The summed E-state index contributed by atoms with van der Waals surface area (Å²) in [5.41, 5.74) is 0. The van der Waals surface area contributed by atoms with E-state index in [2.05, 4.69) is 4.90 Å². The van der Waals surface area contributed by atoms with E-state index in [0.717, 1.165) is 32.8 Å². The van der Waals surface area contributed by atoms with Gasteiger partial charge in [-0.05, 0) is 13.3 Å². The third kappa shape index (κ3) is 4.55. The van der Waals surface area contributed by atoms with Gasteiger partial charge in [0, 0.05) is 51.7 Å². The molecule has 3 aliphatic rings. The average molecular weight is 388 g/mol. The fraction of sp³-hybridized carbons (Fsp3) is 0.882. The lowest BCUT2D eigenvalue weighted by Gasteiger charge is -2.30. The number of ether oxygens (including phenoxy) is 1. The molecule has 9 heteroatoms. The van der Waals surface area contributed by atoms with Gasteiger partial charge in [0.05, 0.1) is 30.6 Å². The van der Waals surface area contributed by atoms with Gasteiger partial charge in [-0.3, -0.25) is 14.5 Å². The van der Waals surface area contributed by atoms with Crippen molar-refractivity contribution in [1.82, 2.24) is 14.7 Å². The molecule has 0 aliphatic carbocycles. The van der Waals surface area contributed by atoms with Crippen LogP contribution >= 0.6 is 0 Å². The van der Waals surface area contributed by atoms with Crippen molar-refractivity contribution >= 4 is 21.7 Å². The molecule has 26 heavy (non-hydrogen) atoms. The van der Waals surface area contributed by atoms with Gasteiger partial charge in [0.1, 0.15) is 0 Å². The quantitative estimate of drug-likeness (QED) is 0.593. The van der Waals surface area contributed by atoms with Gasteiger partial charge in [0.25, 0.3) is 0 Å². The Bertz CT molecular complexity index is 632.